The van der Waals surface area contributed by atoms with Crippen molar-refractivity contribution in [1.29, 1.82) is 0 Å². The largest absolute Gasteiger partial charge is 0.508 e. The lowest BCUT2D eigenvalue weighted by atomic mass is 10.0. The Balaban J connectivity index is 1.35. The summed E-state index contributed by atoms with van der Waals surface area (Å²) in [6.07, 6.45) is 4.22. The summed E-state index contributed by atoms with van der Waals surface area (Å²) in [4.78, 5) is 86.5. The maximum Gasteiger partial charge on any atom is 0.344 e. The first-order valence-corrected chi connectivity index (χ1v) is 23.2. The van der Waals surface area contributed by atoms with Crippen LogP contribution in [0.4, 0.5) is 15.3 Å². The van der Waals surface area contributed by atoms with Crippen LogP contribution in [0, 0.1) is 0 Å². The highest BCUT2D eigenvalue weighted by atomic mass is 16.6. The molecule has 0 bridgehead atoms. The van der Waals surface area contributed by atoms with Crippen molar-refractivity contribution in [3.8, 4) is 5.75 Å². The van der Waals surface area contributed by atoms with Crippen molar-refractivity contribution in [1.82, 2.24) is 47.4 Å². The van der Waals surface area contributed by atoms with Gasteiger partial charge in [-0.15, -0.1) is 0 Å². The topological polar surface area (TPSA) is 308 Å². The number of fused-ring (bicyclic) bond motifs is 1. The van der Waals surface area contributed by atoms with E-state index >= 15 is 0 Å². The van der Waals surface area contributed by atoms with E-state index < -0.39 is 24.0 Å². The number of rotatable bonds is 29. The first-order chi connectivity index (χ1) is 32.9. The van der Waals surface area contributed by atoms with Gasteiger partial charge >= 0.3 is 12.1 Å². The van der Waals surface area contributed by atoms with E-state index in [1.54, 1.807) is 19.1 Å². The Bertz CT molecular complexity index is 2080. The SMILES string of the molecule is CCC(=O)NCCNC(=O)/N=C(/N)NCCC[C@@H](NC(=O)[C@H](c1cccc(NCCCNC(=O)CCCCCNC(=O)NCCON)c1)N1Cc2ccccc2C1)C(=O)NCc1ccc(O)cc1. The third-order valence-corrected chi connectivity index (χ3v) is 10.8. The van der Waals surface area contributed by atoms with Crippen molar-refractivity contribution in [2.45, 2.75) is 90.0 Å². The molecule has 0 unspecified atom stereocenters. The second-order valence-corrected chi connectivity index (χ2v) is 16.1. The number of nitrogens with one attached hydrogen (secondary N) is 9. The molecule has 0 saturated carbocycles. The van der Waals surface area contributed by atoms with Crippen LogP contribution in [0.1, 0.15) is 86.6 Å². The minimum absolute atomic E-state index is 0.0336. The number of anilines is 1. The monoisotopic (exact) mass is 944 g/mol. The lowest BCUT2D eigenvalue weighted by Gasteiger charge is -2.29. The van der Waals surface area contributed by atoms with E-state index in [0.29, 0.717) is 71.4 Å². The van der Waals surface area contributed by atoms with Crippen LogP contribution in [-0.4, -0.2) is 110 Å². The summed E-state index contributed by atoms with van der Waals surface area (Å²) in [5.74, 6) is 3.98. The van der Waals surface area contributed by atoms with E-state index in [9.17, 15) is 33.9 Å². The number of nitrogens with two attached hydrogens (primary N) is 2. The lowest BCUT2D eigenvalue weighted by Crippen LogP contribution is -2.50. The fourth-order valence-corrected chi connectivity index (χ4v) is 7.25. The summed E-state index contributed by atoms with van der Waals surface area (Å²) < 4.78 is 0. The number of aromatic hydroxyl groups is 1. The van der Waals surface area contributed by atoms with Gasteiger partial charge in [0.1, 0.15) is 17.8 Å². The van der Waals surface area contributed by atoms with Gasteiger partial charge < -0.3 is 63.5 Å². The molecule has 8 amide bonds. The van der Waals surface area contributed by atoms with Crippen molar-refractivity contribution in [2.24, 2.45) is 16.6 Å². The summed E-state index contributed by atoms with van der Waals surface area (Å²) >= 11 is 0. The van der Waals surface area contributed by atoms with Gasteiger partial charge in [0.2, 0.25) is 23.6 Å². The molecule has 4 rings (SSSR count). The Morgan fingerprint density at radius 2 is 1.40 bits per heavy atom. The first-order valence-electron chi connectivity index (χ1n) is 23.2. The van der Waals surface area contributed by atoms with Gasteiger partial charge in [0.25, 0.3) is 0 Å². The molecule has 1 aliphatic rings. The van der Waals surface area contributed by atoms with Crippen LogP contribution in [0.2, 0.25) is 0 Å². The first kappa shape index (κ1) is 53.6. The Hall–Kier alpha value is -6.97. The number of unbranched alkanes of at least 4 members (excludes halogenated alkanes) is 2. The fraction of sp³-hybridized carbons (Fsp3) is 0.468. The summed E-state index contributed by atoms with van der Waals surface area (Å²) in [5, 5.41) is 35.5. The number of carbonyl (C=O) groups excluding carboxylic acids is 6. The van der Waals surface area contributed by atoms with Gasteiger partial charge in [0.15, 0.2) is 5.96 Å². The predicted molar refractivity (Wildman–Crippen MR) is 258 cm³/mol. The van der Waals surface area contributed by atoms with Crippen molar-refractivity contribution in [3.05, 3.63) is 95.1 Å². The molecular weight excluding hydrogens is 875 g/mol. The minimum atomic E-state index is -0.955. The van der Waals surface area contributed by atoms with E-state index in [2.05, 4.69) is 62.6 Å². The fourth-order valence-electron chi connectivity index (χ4n) is 7.25. The number of urea groups is 2. The molecule has 0 spiro atoms. The zero-order chi connectivity index (χ0) is 48.9. The third-order valence-electron chi connectivity index (χ3n) is 10.8. The van der Waals surface area contributed by atoms with Crippen LogP contribution in [0.5, 0.6) is 5.75 Å². The van der Waals surface area contributed by atoms with E-state index in [4.69, 9.17) is 11.6 Å². The summed E-state index contributed by atoms with van der Waals surface area (Å²) in [6, 6.07) is 19.4. The summed E-state index contributed by atoms with van der Waals surface area (Å²) in [6.45, 7) is 5.70. The van der Waals surface area contributed by atoms with Crippen molar-refractivity contribution < 1.29 is 38.7 Å². The Morgan fingerprint density at radius 3 is 2.13 bits per heavy atom. The standard InChI is InChI=1S/C47H69N13O8/c1-2-40(62)52-25-26-55-47(67)59-45(48)53-22-9-15-39(43(64)57-30-33-17-19-38(61)20-18-33)58-44(65)42(60-31-35-11-5-6-12-36(35)32-60)34-13-8-14-37(29-34)50-23-10-24-51-41(63)16-4-3-7-21-54-46(66)56-27-28-68-49/h5-6,8,11-14,17-20,29,39,42,50,61H,2-4,7,9-10,15-16,21-28,30-32,49H2,1H3,(H,51,63)(H,52,62)(H,57,64)(H,58,65)(H2,54,56,66)(H4,48,53,55,59,67)/t39-,42+/m1/s1. The molecule has 1 aliphatic heterocycles. The smallest absolute Gasteiger partial charge is 0.344 e. The number of guanidine groups is 1. The molecule has 68 heavy (non-hydrogen) atoms. The quantitative estimate of drug-likeness (QED) is 0.0205. The van der Waals surface area contributed by atoms with Crippen LogP contribution in [0.25, 0.3) is 0 Å². The molecule has 3 aromatic carbocycles. The minimum Gasteiger partial charge on any atom is -0.508 e. The number of aliphatic imine (C=N–C) groups is 1. The summed E-state index contributed by atoms with van der Waals surface area (Å²) in [5.41, 5.74) is 10.5. The molecule has 21 nitrogen and oxygen atoms in total. The van der Waals surface area contributed by atoms with Crippen LogP contribution in [0.3, 0.4) is 0 Å². The number of nitrogens with zero attached hydrogens (tertiary/aromatic N) is 2. The van der Waals surface area contributed by atoms with Crippen LogP contribution in [0.15, 0.2) is 77.8 Å². The van der Waals surface area contributed by atoms with Crippen molar-refractivity contribution in [2.75, 3.05) is 57.7 Å². The molecule has 0 aliphatic carbocycles. The molecule has 14 N–H and O–H groups in total. The van der Waals surface area contributed by atoms with Gasteiger partial charge in [0.05, 0.1) is 6.61 Å². The number of benzene rings is 3. The third kappa shape index (κ3) is 20.3. The van der Waals surface area contributed by atoms with Gasteiger partial charge in [-0.05, 0) is 78.6 Å². The van der Waals surface area contributed by atoms with E-state index in [1.807, 2.05) is 48.5 Å². The number of hydrogen-bond acceptors (Lipinski definition) is 11. The molecule has 2 atom stereocenters. The highest BCUT2D eigenvalue weighted by molar-refractivity contribution is 5.92. The van der Waals surface area contributed by atoms with E-state index in [-0.39, 0.29) is 74.7 Å². The molecule has 3 aromatic rings. The average Bonchev–Trinajstić information content (AvgIpc) is 3.76. The summed E-state index contributed by atoms with van der Waals surface area (Å²) in [7, 11) is 0. The van der Waals surface area contributed by atoms with Gasteiger partial charge in [-0.2, -0.15) is 4.99 Å². The molecule has 0 radical (unpaired) electrons. The van der Waals surface area contributed by atoms with Gasteiger partial charge in [0, 0.05) is 84.0 Å². The Kier molecular flexibility index (Phi) is 23.9. The van der Waals surface area contributed by atoms with Crippen molar-refractivity contribution in [3.63, 3.8) is 0 Å². The van der Waals surface area contributed by atoms with Gasteiger partial charge in [-0.1, -0.05) is 61.9 Å². The maximum atomic E-state index is 14.6. The molecular formula is C47H69N13O8. The maximum absolute atomic E-state index is 14.6. The zero-order valence-corrected chi connectivity index (χ0v) is 38.9. The number of carbonyl (C=O) groups is 6. The van der Waals surface area contributed by atoms with Gasteiger partial charge in [-0.25, -0.2) is 15.5 Å². The normalized spacial score (nSPS) is 13.0. The predicted octanol–water partition coefficient (Wildman–Crippen LogP) is 1.84. The molecule has 1 heterocycles. The van der Waals surface area contributed by atoms with Gasteiger partial charge in [-0.3, -0.25) is 24.1 Å². The number of amides is 8. The average molecular weight is 944 g/mol. The molecule has 0 saturated heterocycles. The number of phenols is 1. The Labute approximate surface area is 397 Å². The molecule has 0 aromatic heterocycles. The second kappa shape index (κ2) is 30.3. The second-order valence-electron chi connectivity index (χ2n) is 16.1. The number of hydrogen-bond donors (Lipinski definition) is 12. The molecule has 21 heteroatoms. The van der Waals surface area contributed by atoms with Crippen LogP contribution in [-0.2, 0) is 43.7 Å². The molecule has 0 fully saturated rings. The van der Waals surface area contributed by atoms with Crippen molar-refractivity contribution >= 4 is 47.3 Å². The molecule has 370 valence electrons. The number of phenolic OH excluding ortho intramolecular Hbond substituents is 1. The van der Waals surface area contributed by atoms with E-state index in [0.717, 1.165) is 40.8 Å². The van der Waals surface area contributed by atoms with Crippen LogP contribution >= 0.6 is 0 Å². The lowest BCUT2D eigenvalue weighted by molar-refractivity contribution is -0.132. The van der Waals surface area contributed by atoms with E-state index in [1.165, 1.54) is 12.1 Å². The highest BCUT2D eigenvalue weighted by Gasteiger charge is 2.34. The Morgan fingerprint density at radius 1 is 0.706 bits per heavy atom. The van der Waals surface area contributed by atoms with Crippen LogP contribution < -0.4 is 59.5 Å². The zero-order valence-electron chi connectivity index (χ0n) is 38.9. The highest BCUT2D eigenvalue weighted by Crippen LogP contribution is 2.33.